The van der Waals surface area contributed by atoms with Crippen LogP contribution in [0.25, 0.3) is 0 Å². The lowest BCUT2D eigenvalue weighted by molar-refractivity contribution is 0.0347. The zero-order chi connectivity index (χ0) is 16.5. The Morgan fingerprint density at radius 1 is 1.54 bits per heavy atom. The molecule has 2 rings (SSSR count). The van der Waals surface area contributed by atoms with Gasteiger partial charge >= 0.3 is 0 Å². The number of guanidine groups is 1. The van der Waals surface area contributed by atoms with Gasteiger partial charge in [-0.25, -0.2) is 0 Å². The molecular weight excluding hydrogens is 425 g/mol. The van der Waals surface area contributed by atoms with Gasteiger partial charge in [0.05, 0.1) is 32.1 Å². The molecule has 3 atom stereocenters. The van der Waals surface area contributed by atoms with Gasteiger partial charge < -0.3 is 29.6 Å². The van der Waals surface area contributed by atoms with Gasteiger partial charge in [0.1, 0.15) is 11.9 Å². The number of rotatable bonds is 8. The van der Waals surface area contributed by atoms with Crippen molar-refractivity contribution in [2.24, 2.45) is 4.99 Å². The molecule has 7 nitrogen and oxygen atoms in total. The van der Waals surface area contributed by atoms with Crippen molar-refractivity contribution in [2.45, 2.75) is 38.5 Å². The molecule has 0 saturated carbocycles. The van der Waals surface area contributed by atoms with E-state index in [9.17, 15) is 5.11 Å². The lowest BCUT2D eigenvalue weighted by atomic mass is 10.3. The van der Waals surface area contributed by atoms with Crippen LogP contribution in [0.1, 0.15) is 32.1 Å². The Bertz CT molecular complexity index is 464. The van der Waals surface area contributed by atoms with E-state index in [4.69, 9.17) is 13.9 Å². The Morgan fingerprint density at radius 3 is 3.00 bits per heavy atom. The van der Waals surface area contributed by atoms with Crippen LogP contribution in [-0.4, -0.2) is 56.1 Å². The number of nitrogens with zero attached hydrogens (tertiary/aromatic N) is 1. The molecule has 24 heavy (non-hydrogen) atoms. The Labute approximate surface area is 160 Å². The van der Waals surface area contributed by atoms with Gasteiger partial charge in [0.15, 0.2) is 5.96 Å². The molecule has 1 aliphatic heterocycles. The number of aliphatic hydroxyl groups excluding tert-OH is 1. The van der Waals surface area contributed by atoms with Crippen LogP contribution in [-0.2, 0) is 9.47 Å². The van der Waals surface area contributed by atoms with E-state index in [1.165, 1.54) is 6.26 Å². The van der Waals surface area contributed by atoms with E-state index >= 15 is 0 Å². The molecule has 1 saturated heterocycles. The van der Waals surface area contributed by atoms with Crippen molar-refractivity contribution in [2.75, 3.05) is 32.9 Å². The highest BCUT2D eigenvalue weighted by Gasteiger charge is 2.17. The Balaban J connectivity index is 0.00000288. The predicted molar refractivity (Wildman–Crippen MR) is 103 cm³/mol. The average Bonchev–Trinajstić information content (AvgIpc) is 3.23. The third kappa shape index (κ3) is 7.37. The summed E-state index contributed by atoms with van der Waals surface area (Å²) in [5.74, 6) is 1.17. The van der Waals surface area contributed by atoms with E-state index in [0.717, 1.165) is 19.6 Å². The quantitative estimate of drug-likeness (QED) is 0.316. The van der Waals surface area contributed by atoms with Gasteiger partial charge in [-0.3, -0.25) is 4.99 Å². The third-order valence-corrected chi connectivity index (χ3v) is 3.49. The molecule has 2 heterocycles. The van der Waals surface area contributed by atoms with Gasteiger partial charge in [0, 0.05) is 19.2 Å². The van der Waals surface area contributed by atoms with E-state index < -0.39 is 6.10 Å². The minimum absolute atomic E-state index is 0. The standard InChI is InChI=1S/C16H27N3O4.HI/c1-3-17-16(18-9-14(20)15-5-4-7-22-15)19-12(2)10-23-13-6-8-21-11-13;/h4-5,7,12-14,20H,3,6,8-11H2,1-2H3,(H2,17,18,19);1H. The lowest BCUT2D eigenvalue weighted by Crippen LogP contribution is -2.44. The maximum atomic E-state index is 10.0. The van der Waals surface area contributed by atoms with Crippen LogP contribution in [0, 0.1) is 0 Å². The van der Waals surface area contributed by atoms with E-state index in [1.807, 2.05) is 13.8 Å². The number of furan rings is 1. The third-order valence-electron chi connectivity index (χ3n) is 3.49. The smallest absolute Gasteiger partial charge is 0.191 e. The summed E-state index contributed by atoms with van der Waals surface area (Å²) < 4.78 is 16.3. The van der Waals surface area contributed by atoms with Gasteiger partial charge in [-0.2, -0.15) is 0 Å². The molecule has 1 aromatic rings. The van der Waals surface area contributed by atoms with Crippen LogP contribution in [0.15, 0.2) is 27.8 Å². The number of hydrogen-bond donors (Lipinski definition) is 3. The highest BCUT2D eigenvalue weighted by atomic mass is 127. The number of ether oxygens (including phenoxy) is 2. The van der Waals surface area contributed by atoms with Gasteiger partial charge in [-0.1, -0.05) is 0 Å². The molecule has 0 aliphatic carbocycles. The summed E-state index contributed by atoms with van der Waals surface area (Å²) in [4.78, 5) is 4.39. The van der Waals surface area contributed by atoms with Crippen molar-refractivity contribution in [3.8, 4) is 0 Å². The van der Waals surface area contributed by atoms with Crippen molar-refractivity contribution >= 4 is 29.9 Å². The SMILES string of the molecule is CCNC(=NCC(O)c1ccco1)NC(C)COC1CCOC1.I. The second-order valence-electron chi connectivity index (χ2n) is 5.62. The fourth-order valence-corrected chi connectivity index (χ4v) is 2.27. The van der Waals surface area contributed by atoms with Crippen LogP contribution in [0.4, 0.5) is 0 Å². The summed E-state index contributed by atoms with van der Waals surface area (Å²) in [6.45, 7) is 7.04. The summed E-state index contributed by atoms with van der Waals surface area (Å²) >= 11 is 0. The second kappa shape index (κ2) is 11.7. The lowest BCUT2D eigenvalue weighted by Gasteiger charge is -2.20. The number of halogens is 1. The van der Waals surface area contributed by atoms with Crippen LogP contribution >= 0.6 is 24.0 Å². The summed E-state index contributed by atoms with van der Waals surface area (Å²) in [6, 6.07) is 3.59. The van der Waals surface area contributed by atoms with Gasteiger partial charge in [-0.05, 0) is 32.4 Å². The first-order chi connectivity index (χ1) is 11.2. The molecule has 0 aromatic carbocycles. The molecule has 8 heteroatoms. The molecule has 3 unspecified atom stereocenters. The van der Waals surface area contributed by atoms with Gasteiger partial charge in [0.25, 0.3) is 0 Å². The average molecular weight is 453 g/mol. The summed E-state index contributed by atoms with van der Waals surface area (Å²) in [6.07, 6.45) is 1.94. The topological polar surface area (TPSA) is 88.3 Å². The first-order valence-corrected chi connectivity index (χ1v) is 8.14. The molecule has 1 aromatic heterocycles. The molecule has 0 spiro atoms. The van der Waals surface area contributed by atoms with Crippen LogP contribution < -0.4 is 10.6 Å². The van der Waals surface area contributed by atoms with Crippen molar-refractivity contribution < 1.29 is 19.0 Å². The maximum absolute atomic E-state index is 10.0. The molecular formula is C16H28IN3O4. The first kappa shape index (κ1) is 21.2. The fourth-order valence-electron chi connectivity index (χ4n) is 2.27. The number of hydrogen-bond acceptors (Lipinski definition) is 5. The largest absolute Gasteiger partial charge is 0.467 e. The van der Waals surface area contributed by atoms with Gasteiger partial charge in [-0.15, -0.1) is 24.0 Å². The molecule has 0 amide bonds. The van der Waals surface area contributed by atoms with E-state index in [1.54, 1.807) is 12.1 Å². The highest BCUT2D eigenvalue weighted by Crippen LogP contribution is 2.13. The Hall–Kier alpha value is -0.840. The van der Waals surface area contributed by atoms with E-state index in [-0.39, 0.29) is 42.7 Å². The molecule has 138 valence electrons. The molecule has 1 aliphatic rings. The monoisotopic (exact) mass is 453 g/mol. The fraction of sp³-hybridized carbons (Fsp3) is 0.688. The minimum Gasteiger partial charge on any atom is -0.467 e. The minimum atomic E-state index is -0.748. The molecule has 0 bridgehead atoms. The van der Waals surface area contributed by atoms with E-state index in [0.29, 0.717) is 24.9 Å². The molecule has 3 N–H and O–H groups in total. The Kier molecular flexibility index (Phi) is 10.3. The highest BCUT2D eigenvalue weighted by molar-refractivity contribution is 14.0. The molecule has 0 radical (unpaired) electrons. The summed E-state index contributed by atoms with van der Waals surface area (Å²) in [7, 11) is 0. The van der Waals surface area contributed by atoms with Crippen LogP contribution in [0.3, 0.4) is 0 Å². The van der Waals surface area contributed by atoms with Crippen molar-refractivity contribution in [1.82, 2.24) is 10.6 Å². The number of aliphatic imine (C=N–C) groups is 1. The molecule has 1 fully saturated rings. The normalized spacial score (nSPS) is 20.3. The first-order valence-electron chi connectivity index (χ1n) is 8.14. The van der Waals surface area contributed by atoms with Gasteiger partial charge in [0.2, 0.25) is 0 Å². The number of aliphatic hydroxyl groups is 1. The second-order valence-corrected chi connectivity index (χ2v) is 5.62. The zero-order valence-corrected chi connectivity index (χ0v) is 16.6. The van der Waals surface area contributed by atoms with Crippen molar-refractivity contribution in [3.63, 3.8) is 0 Å². The van der Waals surface area contributed by atoms with E-state index in [2.05, 4.69) is 15.6 Å². The summed E-state index contributed by atoms with van der Waals surface area (Å²) in [5, 5.41) is 16.4. The maximum Gasteiger partial charge on any atom is 0.191 e. The number of nitrogens with one attached hydrogen (secondary N) is 2. The predicted octanol–water partition coefficient (Wildman–Crippen LogP) is 1.68. The summed E-state index contributed by atoms with van der Waals surface area (Å²) in [5.41, 5.74) is 0. The van der Waals surface area contributed by atoms with Crippen molar-refractivity contribution in [3.05, 3.63) is 24.2 Å². The van der Waals surface area contributed by atoms with Crippen molar-refractivity contribution in [1.29, 1.82) is 0 Å². The Morgan fingerprint density at radius 2 is 2.38 bits per heavy atom. The van der Waals surface area contributed by atoms with Crippen LogP contribution in [0.2, 0.25) is 0 Å². The zero-order valence-electron chi connectivity index (χ0n) is 14.2. The van der Waals surface area contributed by atoms with Crippen LogP contribution in [0.5, 0.6) is 0 Å².